The molecule has 0 spiro atoms. The van der Waals surface area contributed by atoms with Crippen LogP contribution in [0.2, 0.25) is 0 Å². The summed E-state index contributed by atoms with van der Waals surface area (Å²) >= 11 is 0. The van der Waals surface area contributed by atoms with Gasteiger partial charge in [0.1, 0.15) is 5.82 Å². The highest BCUT2D eigenvalue weighted by Crippen LogP contribution is 2.32. The Morgan fingerprint density at radius 1 is 1.15 bits per heavy atom. The number of nitrogens with two attached hydrogens (primary N) is 1. The Morgan fingerprint density at radius 3 is 2.31 bits per heavy atom. The largest absolute Gasteiger partial charge is 0.478 e. The van der Waals surface area contributed by atoms with Crippen LogP contribution >= 0.6 is 0 Å². The quantitative estimate of drug-likeness (QED) is 0.274. The SMILES string of the molecule is C=C(/C=C(/c1cccc(C(F)(F)F)c1)N(N)c1ccc(F)cc1)C(=O)O. The number of hydrogen-bond donors (Lipinski definition) is 2. The third kappa shape index (κ3) is 4.48. The average molecular weight is 366 g/mol. The molecule has 8 heteroatoms. The minimum Gasteiger partial charge on any atom is -0.478 e. The highest BCUT2D eigenvalue weighted by atomic mass is 19.4. The van der Waals surface area contributed by atoms with Gasteiger partial charge in [-0.2, -0.15) is 13.2 Å². The highest BCUT2D eigenvalue weighted by Gasteiger charge is 2.31. The smallest absolute Gasteiger partial charge is 0.416 e. The van der Waals surface area contributed by atoms with Gasteiger partial charge in [-0.1, -0.05) is 18.7 Å². The van der Waals surface area contributed by atoms with E-state index in [4.69, 9.17) is 10.9 Å². The molecular formula is C18H14F4N2O2. The molecule has 0 fully saturated rings. The topological polar surface area (TPSA) is 66.6 Å². The molecule has 0 bridgehead atoms. The molecule has 0 aliphatic rings. The Kier molecular flexibility index (Phi) is 5.47. The number of rotatable bonds is 5. The number of aliphatic carboxylic acids is 1. The molecule has 3 N–H and O–H groups in total. The molecule has 4 nitrogen and oxygen atoms in total. The normalized spacial score (nSPS) is 12.0. The first-order valence-corrected chi connectivity index (χ1v) is 7.21. The summed E-state index contributed by atoms with van der Waals surface area (Å²) in [6.45, 7) is 3.34. The van der Waals surface area contributed by atoms with Crippen molar-refractivity contribution in [1.82, 2.24) is 0 Å². The molecule has 0 atom stereocenters. The van der Waals surface area contributed by atoms with Gasteiger partial charge < -0.3 is 5.11 Å². The standard InChI is InChI=1S/C18H14F4N2O2/c1-11(17(25)26)9-16(24(23)15-7-5-14(19)6-8-15)12-3-2-4-13(10-12)18(20,21)22/h2-10H,1,23H2,(H,25,26)/b16-9-. The van der Waals surface area contributed by atoms with Gasteiger partial charge in [-0.25, -0.2) is 15.0 Å². The van der Waals surface area contributed by atoms with E-state index in [9.17, 15) is 22.4 Å². The molecule has 2 aromatic carbocycles. The van der Waals surface area contributed by atoms with E-state index in [0.29, 0.717) is 0 Å². The predicted molar refractivity (Wildman–Crippen MR) is 89.3 cm³/mol. The molecule has 0 aliphatic carbocycles. The molecule has 0 saturated carbocycles. The van der Waals surface area contributed by atoms with Crippen LogP contribution in [0.4, 0.5) is 23.2 Å². The highest BCUT2D eigenvalue weighted by molar-refractivity contribution is 5.93. The van der Waals surface area contributed by atoms with Crippen LogP contribution in [0.25, 0.3) is 5.70 Å². The number of benzene rings is 2. The summed E-state index contributed by atoms with van der Waals surface area (Å²) in [5, 5.41) is 9.98. The summed E-state index contributed by atoms with van der Waals surface area (Å²) in [6.07, 6.45) is -3.54. The molecule has 0 amide bonds. The van der Waals surface area contributed by atoms with Crippen LogP contribution in [-0.2, 0) is 11.0 Å². The van der Waals surface area contributed by atoms with Crippen LogP contribution in [0, 0.1) is 5.82 Å². The first kappa shape index (κ1) is 19.2. The van der Waals surface area contributed by atoms with Crippen LogP contribution in [-0.4, -0.2) is 11.1 Å². The van der Waals surface area contributed by atoms with Crippen molar-refractivity contribution in [3.8, 4) is 0 Å². The first-order valence-electron chi connectivity index (χ1n) is 7.21. The molecule has 0 aliphatic heterocycles. The van der Waals surface area contributed by atoms with Gasteiger partial charge in [0.2, 0.25) is 0 Å². The minimum atomic E-state index is -4.58. The van der Waals surface area contributed by atoms with Gasteiger partial charge in [0.05, 0.1) is 22.5 Å². The Balaban J connectivity index is 2.57. The maximum absolute atomic E-state index is 13.1. The number of anilines is 1. The molecule has 136 valence electrons. The van der Waals surface area contributed by atoms with Crippen molar-refractivity contribution in [1.29, 1.82) is 0 Å². The second kappa shape index (κ2) is 7.40. The van der Waals surface area contributed by atoms with E-state index in [1.54, 1.807) is 0 Å². The Morgan fingerprint density at radius 2 is 1.77 bits per heavy atom. The number of carboxylic acid groups (broad SMARTS) is 1. The number of carbonyl (C=O) groups is 1. The molecule has 0 unspecified atom stereocenters. The summed E-state index contributed by atoms with van der Waals surface area (Å²) in [4.78, 5) is 11.1. The summed E-state index contributed by atoms with van der Waals surface area (Å²) in [5.74, 6) is 4.07. The molecule has 0 aromatic heterocycles. The number of hydrogen-bond acceptors (Lipinski definition) is 3. The maximum atomic E-state index is 13.1. The summed E-state index contributed by atoms with van der Waals surface area (Å²) in [5.41, 5.74) is -1.08. The van der Waals surface area contributed by atoms with Crippen LogP contribution in [0.5, 0.6) is 0 Å². The minimum absolute atomic E-state index is 0.0223. The predicted octanol–water partition coefficient (Wildman–Crippen LogP) is 4.21. The van der Waals surface area contributed by atoms with Gasteiger partial charge in [0, 0.05) is 5.56 Å². The zero-order chi connectivity index (χ0) is 19.5. The van der Waals surface area contributed by atoms with E-state index in [2.05, 4.69) is 6.58 Å². The Labute approximate surface area is 146 Å². The van der Waals surface area contributed by atoms with Crippen LogP contribution < -0.4 is 10.9 Å². The van der Waals surface area contributed by atoms with Crippen molar-refractivity contribution in [2.75, 3.05) is 5.01 Å². The van der Waals surface area contributed by atoms with E-state index >= 15 is 0 Å². The van der Waals surface area contributed by atoms with Gasteiger partial charge in [-0.05, 0) is 42.5 Å². The van der Waals surface area contributed by atoms with E-state index < -0.39 is 23.5 Å². The second-order valence-corrected chi connectivity index (χ2v) is 5.28. The van der Waals surface area contributed by atoms with Crippen LogP contribution in [0.3, 0.4) is 0 Å². The number of alkyl halides is 3. The zero-order valence-corrected chi connectivity index (χ0v) is 13.3. The Hall–Kier alpha value is -3.13. The molecule has 26 heavy (non-hydrogen) atoms. The maximum Gasteiger partial charge on any atom is 0.416 e. The van der Waals surface area contributed by atoms with E-state index in [-0.39, 0.29) is 22.5 Å². The fraction of sp³-hybridized carbons (Fsp3) is 0.0556. The molecular weight excluding hydrogens is 352 g/mol. The fourth-order valence-electron chi connectivity index (χ4n) is 2.11. The van der Waals surface area contributed by atoms with Crippen molar-refractivity contribution in [2.45, 2.75) is 6.18 Å². The van der Waals surface area contributed by atoms with E-state index in [1.165, 1.54) is 24.3 Å². The van der Waals surface area contributed by atoms with Crippen molar-refractivity contribution < 1.29 is 27.5 Å². The van der Waals surface area contributed by atoms with E-state index in [0.717, 1.165) is 35.4 Å². The van der Waals surface area contributed by atoms with Crippen molar-refractivity contribution in [3.05, 3.63) is 83.7 Å². The molecule has 0 saturated heterocycles. The Bertz CT molecular complexity index is 858. The summed E-state index contributed by atoms with van der Waals surface area (Å²) in [6, 6.07) is 9.08. The van der Waals surface area contributed by atoms with Crippen molar-refractivity contribution in [3.63, 3.8) is 0 Å². The zero-order valence-electron chi connectivity index (χ0n) is 13.3. The summed E-state index contributed by atoms with van der Waals surface area (Å²) in [7, 11) is 0. The second-order valence-electron chi connectivity index (χ2n) is 5.28. The fourth-order valence-corrected chi connectivity index (χ4v) is 2.11. The molecule has 0 heterocycles. The van der Waals surface area contributed by atoms with E-state index in [1.807, 2.05) is 0 Å². The van der Waals surface area contributed by atoms with Gasteiger partial charge in [-0.3, -0.25) is 5.01 Å². The number of nitrogens with zero attached hydrogens (tertiary/aromatic N) is 1. The lowest BCUT2D eigenvalue weighted by atomic mass is 10.0. The monoisotopic (exact) mass is 366 g/mol. The van der Waals surface area contributed by atoms with Gasteiger partial charge in [0.25, 0.3) is 0 Å². The average Bonchev–Trinajstić information content (AvgIpc) is 2.58. The lowest BCUT2D eigenvalue weighted by Crippen LogP contribution is -2.29. The first-order chi connectivity index (χ1) is 12.1. The van der Waals surface area contributed by atoms with Gasteiger partial charge >= 0.3 is 12.1 Å². The lowest BCUT2D eigenvalue weighted by molar-refractivity contribution is -0.137. The molecule has 2 rings (SSSR count). The van der Waals surface area contributed by atoms with Crippen molar-refractivity contribution in [2.24, 2.45) is 5.84 Å². The number of halogens is 4. The van der Waals surface area contributed by atoms with Gasteiger partial charge in [-0.15, -0.1) is 0 Å². The lowest BCUT2D eigenvalue weighted by Gasteiger charge is -2.23. The van der Waals surface area contributed by atoms with Gasteiger partial charge in [0.15, 0.2) is 0 Å². The summed E-state index contributed by atoms with van der Waals surface area (Å²) < 4.78 is 52.0. The number of carboxylic acids is 1. The van der Waals surface area contributed by atoms with Crippen LogP contribution in [0.1, 0.15) is 11.1 Å². The molecule has 0 radical (unpaired) electrons. The third-order valence-corrected chi connectivity index (χ3v) is 3.44. The third-order valence-electron chi connectivity index (χ3n) is 3.44. The molecule has 2 aromatic rings. The van der Waals surface area contributed by atoms with Crippen LogP contribution in [0.15, 0.2) is 66.8 Å². The van der Waals surface area contributed by atoms with Crippen molar-refractivity contribution >= 4 is 17.4 Å². The number of hydrazine groups is 1.